The number of amides is 1. The van der Waals surface area contributed by atoms with Crippen molar-refractivity contribution < 1.29 is 4.79 Å². The lowest BCUT2D eigenvalue weighted by atomic mass is 10.0. The van der Waals surface area contributed by atoms with Crippen LogP contribution in [0.4, 0.5) is 0 Å². The highest BCUT2D eigenvalue weighted by Crippen LogP contribution is 2.33. The molecule has 0 radical (unpaired) electrons. The maximum atomic E-state index is 12.2. The number of aromatic nitrogens is 1. The summed E-state index contributed by atoms with van der Waals surface area (Å²) in [6.45, 7) is 7.29. The normalized spacial score (nSPS) is 11.4. The van der Waals surface area contributed by atoms with E-state index in [0.29, 0.717) is 5.56 Å². The number of primary amides is 1. The van der Waals surface area contributed by atoms with Crippen LogP contribution in [-0.2, 0) is 13.0 Å². The number of hydrogen-bond acceptors (Lipinski definition) is 1. The molecule has 0 bridgehead atoms. The smallest absolute Gasteiger partial charge is 0.249 e. The number of carbonyl (C=O) groups excluding carboxylic acids is 1. The van der Waals surface area contributed by atoms with Gasteiger partial charge in [-0.1, -0.05) is 56.2 Å². The Hall–Kier alpha value is -3.07. The number of carbonyl (C=O) groups is 1. The van der Waals surface area contributed by atoms with Gasteiger partial charge in [0.15, 0.2) is 0 Å². The minimum absolute atomic E-state index is 0.377. The van der Waals surface area contributed by atoms with E-state index in [1.165, 1.54) is 47.0 Å². The van der Waals surface area contributed by atoms with Crippen LogP contribution in [0.2, 0.25) is 0 Å². The molecule has 1 amide bonds. The van der Waals surface area contributed by atoms with Crippen LogP contribution in [0.3, 0.4) is 0 Å². The van der Waals surface area contributed by atoms with Crippen molar-refractivity contribution in [1.29, 1.82) is 0 Å². The Bertz CT molecular complexity index is 1230. The number of nitrogens with two attached hydrogens (primary N) is 1. The van der Waals surface area contributed by atoms with E-state index in [2.05, 4.69) is 67.8 Å². The molecule has 0 aliphatic rings. The minimum Gasteiger partial charge on any atom is -0.366 e. The minimum atomic E-state index is -0.377. The second-order valence-electron chi connectivity index (χ2n) is 8.38. The van der Waals surface area contributed by atoms with Gasteiger partial charge in [-0.2, -0.15) is 0 Å². The molecule has 3 nitrogen and oxygen atoms in total. The largest absolute Gasteiger partial charge is 0.366 e. The van der Waals surface area contributed by atoms with Crippen LogP contribution in [0.5, 0.6) is 0 Å². The van der Waals surface area contributed by atoms with Crippen molar-refractivity contribution in [1.82, 2.24) is 4.57 Å². The summed E-state index contributed by atoms with van der Waals surface area (Å²) >= 11 is 0. The van der Waals surface area contributed by atoms with Crippen molar-refractivity contribution in [3.05, 3.63) is 82.4 Å². The van der Waals surface area contributed by atoms with Gasteiger partial charge >= 0.3 is 0 Å². The topological polar surface area (TPSA) is 48.0 Å². The predicted molar refractivity (Wildman–Crippen MR) is 126 cm³/mol. The molecule has 1 heterocycles. The van der Waals surface area contributed by atoms with E-state index in [9.17, 15) is 4.79 Å². The fraction of sp³-hybridized carbons (Fsp3) is 0.296. The zero-order valence-corrected chi connectivity index (χ0v) is 18.2. The van der Waals surface area contributed by atoms with E-state index in [1.807, 2.05) is 12.1 Å². The zero-order valence-electron chi connectivity index (χ0n) is 18.2. The van der Waals surface area contributed by atoms with Crippen LogP contribution in [0.15, 0.2) is 54.6 Å². The SMILES string of the molecule is CCCCCc1ccc2c3c(C(N)=O)cccc3n(Cc3ccc(C)c(C)c3)c2c1. The summed E-state index contributed by atoms with van der Waals surface area (Å²) in [5.74, 6) is -0.377. The van der Waals surface area contributed by atoms with Gasteiger partial charge in [0.1, 0.15) is 0 Å². The first-order valence-corrected chi connectivity index (χ1v) is 10.9. The molecule has 4 aromatic rings. The first-order valence-electron chi connectivity index (χ1n) is 10.9. The summed E-state index contributed by atoms with van der Waals surface area (Å²) in [5, 5.41) is 2.06. The van der Waals surface area contributed by atoms with Crippen molar-refractivity contribution >= 4 is 27.7 Å². The summed E-state index contributed by atoms with van der Waals surface area (Å²) in [5.41, 5.74) is 13.8. The van der Waals surface area contributed by atoms with Crippen molar-refractivity contribution in [2.75, 3.05) is 0 Å². The molecule has 0 saturated carbocycles. The Morgan fingerprint density at radius 2 is 1.70 bits per heavy atom. The molecule has 154 valence electrons. The number of hydrogen-bond donors (Lipinski definition) is 1. The molecule has 0 fully saturated rings. The quantitative estimate of drug-likeness (QED) is 0.365. The second kappa shape index (κ2) is 8.35. The molecular weight excluding hydrogens is 368 g/mol. The predicted octanol–water partition coefficient (Wildman–Crippen LogP) is 6.29. The van der Waals surface area contributed by atoms with Gasteiger partial charge < -0.3 is 10.3 Å². The Morgan fingerprint density at radius 1 is 0.900 bits per heavy atom. The van der Waals surface area contributed by atoms with E-state index in [0.717, 1.165) is 29.3 Å². The van der Waals surface area contributed by atoms with Crippen LogP contribution in [0.1, 0.15) is 58.8 Å². The van der Waals surface area contributed by atoms with E-state index in [-0.39, 0.29) is 5.91 Å². The zero-order chi connectivity index (χ0) is 21.3. The highest BCUT2D eigenvalue weighted by atomic mass is 16.1. The lowest BCUT2D eigenvalue weighted by Crippen LogP contribution is -2.11. The van der Waals surface area contributed by atoms with Crippen LogP contribution >= 0.6 is 0 Å². The molecule has 2 N–H and O–H groups in total. The van der Waals surface area contributed by atoms with Gasteiger partial charge in [-0.25, -0.2) is 0 Å². The first kappa shape index (κ1) is 20.2. The molecule has 0 aliphatic carbocycles. The molecule has 3 heteroatoms. The molecule has 0 spiro atoms. The van der Waals surface area contributed by atoms with Gasteiger partial charge in [0.25, 0.3) is 0 Å². The van der Waals surface area contributed by atoms with Gasteiger partial charge in [-0.3, -0.25) is 4.79 Å². The molecule has 0 aliphatic heterocycles. The lowest BCUT2D eigenvalue weighted by molar-refractivity contribution is 0.100. The molecule has 0 atom stereocenters. The summed E-state index contributed by atoms with van der Waals surface area (Å²) in [6.07, 6.45) is 4.75. The number of rotatable bonds is 7. The van der Waals surface area contributed by atoms with E-state index >= 15 is 0 Å². The monoisotopic (exact) mass is 398 g/mol. The van der Waals surface area contributed by atoms with E-state index in [4.69, 9.17) is 5.73 Å². The fourth-order valence-electron chi connectivity index (χ4n) is 4.38. The third-order valence-electron chi connectivity index (χ3n) is 6.20. The molecule has 0 unspecified atom stereocenters. The van der Waals surface area contributed by atoms with Crippen LogP contribution in [0, 0.1) is 13.8 Å². The maximum absolute atomic E-state index is 12.2. The van der Waals surface area contributed by atoms with E-state index < -0.39 is 0 Å². The van der Waals surface area contributed by atoms with Crippen molar-refractivity contribution in [3.8, 4) is 0 Å². The summed E-state index contributed by atoms with van der Waals surface area (Å²) in [7, 11) is 0. The van der Waals surface area contributed by atoms with Crippen LogP contribution in [-0.4, -0.2) is 10.5 Å². The van der Waals surface area contributed by atoms with E-state index in [1.54, 1.807) is 0 Å². The molecule has 30 heavy (non-hydrogen) atoms. The number of unbranched alkanes of at least 4 members (excludes halogenated alkanes) is 2. The number of nitrogens with zero attached hydrogens (tertiary/aromatic N) is 1. The first-order chi connectivity index (χ1) is 14.5. The standard InChI is InChI=1S/C27H30N2O/c1-4-5-6-8-20-13-14-22-25(16-20)29(17-21-12-11-18(2)19(3)15-21)24-10-7-9-23(26(22)24)27(28)30/h7,9-16H,4-6,8,17H2,1-3H3,(H2,28,30). The summed E-state index contributed by atoms with van der Waals surface area (Å²) < 4.78 is 2.34. The van der Waals surface area contributed by atoms with Crippen LogP contribution < -0.4 is 5.73 Å². The lowest BCUT2D eigenvalue weighted by Gasteiger charge is -2.11. The van der Waals surface area contributed by atoms with Gasteiger partial charge in [0.2, 0.25) is 5.91 Å². The van der Waals surface area contributed by atoms with Crippen molar-refractivity contribution in [2.45, 2.75) is 53.0 Å². The molecule has 0 saturated heterocycles. The van der Waals surface area contributed by atoms with Gasteiger partial charge in [0.05, 0.1) is 5.52 Å². The maximum Gasteiger partial charge on any atom is 0.249 e. The summed E-state index contributed by atoms with van der Waals surface area (Å²) in [4.78, 5) is 12.2. The number of benzene rings is 3. The Kier molecular flexibility index (Phi) is 5.63. The van der Waals surface area contributed by atoms with Crippen LogP contribution in [0.25, 0.3) is 21.8 Å². The van der Waals surface area contributed by atoms with Gasteiger partial charge in [-0.05, 0) is 67.1 Å². The Labute approximate surface area is 178 Å². The average molecular weight is 399 g/mol. The summed E-state index contributed by atoms with van der Waals surface area (Å²) in [6, 6.07) is 19.2. The highest BCUT2D eigenvalue weighted by Gasteiger charge is 2.17. The number of aryl methyl sites for hydroxylation is 3. The van der Waals surface area contributed by atoms with Crippen molar-refractivity contribution in [3.63, 3.8) is 0 Å². The molecule has 1 aromatic heterocycles. The Morgan fingerprint density at radius 3 is 2.43 bits per heavy atom. The van der Waals surface area contributed by atoms with Gasteiger partial charge in [0, 0.05) is 28.4 Å². The third kappa shape index (κ3) is 3.72. The average Bonchev–Trinajstić information content (AvgIpc) is 3.04. The molecular formula is C27H30N2O. The molecule has 4 rings (SSSR count). The highest BCUT2D eigenvalue weighted by molar-refractivity contribution is 6.18. The molecule has 3 aromatic carbocycles. The fourth-order valence-corrected chi connectivity index (χ4v) is 4.38. The third-order valence-corrected chi connectivity index (χ3v) is 6.20. The Balaban J connectivity index is 1.91. The van der Waals surface area contributed by atoms with Gasteiger partial charge in [-0.15, -0.1) is 0 Å². The second-order valence-corrected chi connectivity index (χ2v) is 8.38. The number of fused-ring (bicyclic) bond motifs is 3. The van der Waals surface area contributed by atoms with Crippen molar-refractivity contribution in [2.24, 2.45) is 5.73 Å².